The number of carbonyl (C=O) groups is 1. The highest BCUT2D eigenvalue weighted by Crippen LogP contribution is 2.35. The van der Waals surface area contributed by atoms with Gasteiger partial charge in [0.1, 0.15) is 6.04 Å². The number of para-hydroxylation sites is 1. The Balaban J connectivity index is 2.05. The summed E-state index contributed by atoms with van der Waals surface area (Å²) in [4.78, 5) is 14.3. The number of anilines is 1. The van der Waals surface area contributed by atoms with E-state index >= 15 is 0 Å². The highest BCUT2D eigenvalue weighted by atomic mass is 32.1. The maximum absolute atomic E-state index is 12.6. The van der Waals surface area contributed by atoms with Crippen molar-refractivity contribution in [1.82, 2.24) is 5.43 Å². The fourth-order valence-electron chi connectivity index (χ4n) is 2.72. The lowest BCUT2D eigenvalue weighted by Crippen LogP contribution is -2.30. The van der Waals surface area contributed by atoms with E-state index in [9.17, 15) is 4.79 Å². The first kappa shape index (κ1) is 15.2. The molecule has 1 fully saturated rings. The number of hydrogen-bond donors (Lipinski definition) is 2. The van der Waals surface area contributed by atoms with E-state index in [0.29, 0.717) is 5.71 Å². The van der Waals surface area contributed by atoms with Crippen LogP contribution >= 0.6 is 12.2 Å². The van der Waals surface area contributed by atoms with Crippen LogP contribution in [0.2, 0.25) is 0 Å². The van der Waals surface area contributed by atoms with Crippen LogP contribution in [0.5, 0.6) is 0 Å². The van der Waals surface area contributed by atoms with Gasteiger partial charge < -0.3 is 5.73 Å². The van der Waals surface area contributed by atoms with Gasteiger partial charge in [-0.25, -0.2) is 0 Å². The summed E-state index contributed by atoms with van der Waals surface area (Å²) < 4.78 is 0. The molecule has 0 aliphatic carbocycles. The summed E-state index contributed by atoms with van der Waals surface area (Å²) in [6.07, 6.45) is 0.226. The number of carbonyl (C=O) groups excluding carboxylic acids is 1. The molecule has 0 bridgehead atoms. The van der Waals surface area contributed by atoms with Crippen LogP contribution < -0.4 is 16.1 Å². The second kappa shape index (κ2) is 6.58. The van der Waals surface area contributed by atoms with Crippen LogP contribution in [-0.2, 0) is 4.79 Å². The molecule has 0 radical (unpaired) electrons. The van der Waals surface area contributed by atoms with E-state index in [4.69, 9.17) is 18.0 Å². The van der Waals surface area contributed by atoms with Crippen molar-refractivity contribution in [3.63, 3.8) is 0 Å². The van der Waals surface area contributed by atoms with Gasteiger partial charge in [0.25, 0.3) is 0 Å². The minimum absolute atomic E-state index is 0.00598. The molecule has 3 rings (SSSR count). The van der Waals surface area contributed by atoms with Gasteiger partial charge in [0.15, 0.2) is 5.11 Å². The summed E-state index contributed by atoms with van der Waals surface area (Å²) in [5.41, 5.74) is 10.6. The fourth-order valence-corrected chi connectivity index (χ4v) is 2.76. The normalized spacial score (nSPS) is 19.1. The Morgan fingerprint density at radius 2 is 1.74 bits per heavy atom. The van der Waals surface area contributed by atoms with Gasteiger partial charge in [-0.2, -0.15) is 5.10 Å². The molecule has 1 amide bonds. The van der Waals surface area contributed by atoms with Gasteiger partial charge in [-0.3, -0.25) is 15.1 Å². The lowest BCUT2D eigenvalue weighted by molar-refractivity contribution is -0.116. The molecular formula is C17H16N4OS. The number of hydrogen-bond acceptors (Lipinski definition) is 3. The van der Waals surface area contributed by atoms with Crippen molar-refractivity contribution in [3.8, 4) is 0 Å². The molecule has 0 aromatic heterocycles. The largest absolute Gasteiger partial charge is 0.375 e. The van der Waals surface area contributed by atoms with Crippen molar-refractivity contribution in [2.45, 2.75) is 12.5 Å². The van der Waals surface area contributed by atoms with Crippen LogP contribution in [0.3, 0.4) is 0 Å². The zero-order chi connectivity index (χ0) is 16.2. The molecule has 6 heteroatoms. The van der Waals surface area contributed by atoms with Gasteiger partial charge in [-0.15, -0.1) is 0 Å². The lowest BCUT2D eigenvalue weighted by Gasteiger charge is -2.25. The minimum Gasteiger partial charge on any atom is -0.375 e. The second-order valence-electron chi connectivity index (χ2n) is 5.17. The number of nitrogens with one attached hydrogen (secondary N) is 1. The molecule has 0 unspecified atom stereocenters. The first-order valence-electron chi connectivity index (χ1n) is 7.21. The topological polar surface area (TPSA) is 70.7 Å². The molecule has 1 aliphatic rings. The van der Waals surface area contributed by atoms with E-state index in [0.717, 1.165) is 11.3 Å². The third-order valence-corrected chi connectivity index (χ3v) is 3.73. The average Bonchev–Trinajstić information content (AvgIpc) is 2.91. The lowest BCUT2D eigenvalue weighted by atomic mass is 10.0. The van der Waals surface area contributed by atoms with E-state index in [2.05, 4.69) is 10.5 Å². The molecule has 2 aromatic carbocycles. The number of nitrogens with zero attached hydrogens (tertiary/aromatic N) is 2. The Bertz CT molecular complexity index is 746. The number of rotatable bonds is 3. The van der Waals surface area contributed by atoms with E-state index < -0.39 is 0 Å². The summed E-state index contributed by atoms with van der Waals surface area (Å²) in [5.74, 6) is -0.00598. The molecule has 23 heavy (non-hydrogen) atoms. The number of amides is 1. The Morgan fingerprint density at radius 1 is 1.13 bits per heavy atom. The van der Waals surface area contributed by atoms with E-state index in [1.807, 2.05) is 60.7 Å². The molecule has 5 nitrogen and oxygen atoms in total. The monoisotopic (exact) mass is 324 g/mol. The SMILES string of the molecule is NC(=S)N/N=C1/CC(=O)N(c2ccccc2)[C@@H]1c1ccccc1. The molecule has 3 N–H and O–H groups in total. The summed E-state index contributed by atoms with van der Waals surface area (Å²) in [6, 6.07) is 19.1. The molecule has 1 saturated heterocycles. The average molecular weight is 324 g/mol. The highest BCUT2D eigenvalue weighted by molar-refractivity contribution is 7.80. The molecule has 1 aliphatic heterocycles. The standard InChI is InChI=1S/C17H16N4OS/c18-17(23)20-19-14-11-15(22)21(13-9-5-2-6-10-13)16(14)12-7-3-1-4-8-12/h1-10,16H,11H2,(H3,18,20,23)/b19-14-/t16-/m1/s1. The predicted molar refractivity (Wildman–Crippen MR) is 95.1 cm³/mol. The highest BCUT2D eigenvalue weighted by Gasteiger charge is 2.38. The van der Waals surface area contributed by atoms with Gasteiger partial charge in [0.05, 0.1) is 12.1 Å². The summed E-state index contributed by atoms with van der Waals surface area (Å²) >= 11 is 4.80. The van der Waals surface area contributed by atoms with Crippen LogP contribution in [0, 0.1) is 0 Å². The molecule has 1 atom stereocenters. The smallest absolute Gasteiger partial charge is 0.233 e. The molecular weight excluding hydrogens is 308 g/mol. The summed E-state index contributed by atoms with van der Waals surface area (Å²) in [7, 11) is 0. The van der Waals surface area contributed by atoms with E-state index in [1.165, 1.54) is 0 Å². The van der Waals surface area contributed by atoms with Crippen LogP contribution in [0.15, 0.2) is 65.8 Å². The fraction of sp³-hybridized carbons (Fsp3) is 0.118. The first-order chi connectivity index (χ1) is 11.2. The van der Waals surface area contributed by atoms with Crippen molar-refractivity contribution in [2.24, 2.45) is 10.8 Å². The molecule has 0 saturated carbocycles. The van der Waals surface area contributed by atoms with Gasteiger partial charge in [-0.05, 0) is 29.9 Å². The Hall–Kier alpha value is -2.73. The van der Waals surface area contributed by atoms with Crippen LogP contribution in [-0.4, -0.2) is 16.7 Å². The number of benzene rings is 2. The number of thiocarbonyl (C=S) groups is 1. The van der Waals surface area contributed by atoms with Gasteiger partial charge in [-0.1, -0.05) is 48.5 Å². The Labute approximate surface area is 139 Å². The quantitative estimate of drug-likeness (QED) is 0.672. The molecule has 1 heterocycles. The second-order valence-corrected chi connectivity index (χ2v) is 5.61. The van der Waals surface area contributed by atoms with Crippen molar-refractivity contribution in [1.29, 1.82) is 0 Å². The summed E-state index contributed by atoms with van der Waals surface area (Å²) in [6.45, 7) is 0. The molecule has 116 valence electrons. The number of nitrogens with two attached hydrogens (primary N) is 1. The first-order valence-corrected chi connectivity index (χ1v) is 7.61. The summed E-state index contributed by atoms with van der Waals surface area (Å²) in [5, 5.41) is 4.32. The zero-order valence-electron chi connectivity index (χ0n) is 12.3. The van der Waals surface area contributed by atoms with Crippen molar-refractivity contribution in [2.75, 3.05) is 4.90 Å². The Kier molecular flexibility index (Phi) is 4.34. The third-order valence-electron chi connectivity index (χ3n) is 3.63. The third kappa shape index (κ3) is 3.22. The van der Waals surface area contributed by atoms with E-state index in [-0.39, 0.29) is 23.5 Å². The van der Waals surface area contributed by atoms with Crippen molar-refractivity contribution < 1.29 is 4.79 Å². The maximum atomic E-state index is 12.6. The molecule has 2 aromatic rings. The van der Waals surface area contributed by atoms with Crippen molar-refractivity contribution >= 4 is 34.6 Å². The van der Waals surface area contributed by atoms with Crippen LogP contribution in [0.1, 0.15) is 18.0 Å². The number of hydrazone groups is 1. The van der Waals surface area contributed by atoms with Crippen LogP contribution in [0.4, 0.5) is 5.69 Å². The van der Waals surface area contributed by atoms with Gasteiger partial charge >= 0.3 is 0 Å². The minimum atomic E-state index is -0.270. The van der Waals surface area contributed by atoms with Gasteiger partial charge in [0, 0.05) is 5.69 Å². The van der Waals surface area contributed by atoms with E-state index in [1.54, 1.807) is 4.90 Å². The van der Waals surface area contributed by atoms with Crippen LogP contribution in [0.25, 0.3) is 0 Å². The predicted octanol–water partition coefficient (Wildman–Crippen LogP) is 2.35. The zero-order valence-corrected chi connectivity index (χ0v) is 13.2. The maximum Gasteiger partial charge on any atom is 0.233 e. The Morgan fingerprint density at radius 3 is 2.35 bits per heavy atom. The van der Waals surface area contributed by atoms with Crippen molar-refractivity contribution in [3.05, 3.63) is 66.2 Å². The molecule has 0 spiro atoms. The van der Waals surface area contributed by atoms with Gasteiger partial charge in [0.2, 0.25) is 5.91 Å².